The van der Waals surface area contributed by atoms with E-state index < -0.39 is 0 Å². The van der Waals surface area contributed by atoms with E-state index in [-0.39, 0.29) is 5.60 Å². The van der Waals surface area contributed by atoms with Crippen LogP contribution in [0.5, 0.6) is 5.75 Å². The monoisotopic (exact) mass is 355 g/mol. The standard InChI is InChI=1S/C16H22BrNOS/c1-15(2)8-16(10-20-9-15)7-13(18-3)12-5-4-11(17)6-14(12)19-16/h4-6,13,18H,7-10H2,1-3H3. The van der Waals surface area contributed by atoms with Crippen molar-refractivity contribution in [3.8, 4) is 5.75 Å². The van der Waals surface area contributed by atoms with E-state index in [0.717, 1.165) is 28.8 Å². The van der Waals surface area contributed by atoms with E-state index in [9.17, 15) is 0 Å². The molecule has 1 saturated heterocycles. The molecule has 2 atom stereocenters. The maximum Gasteiger partial charge on any atom is 0.126 e. The van der Waals surface area contributed by atoms with E-state index in [4.69, 9.17) is 4.74 Å². The van der Waals surface area contributed by atoms with Gasteiger partial charge in [-0.3, -0.25) is 0 Å². The predicted octanol–water partition coefficient (Wildman–Crippen LogP) is 4.39. The summed E-state index contributed by atoms with van der Waals surface area (Å²) in [5, 5.41) is 3.47. The average molecular weight is 356 g/mol. The fraction of sp³-hybridized carbons (Fsp3) is 0.625. The fourth-order valence-corrected chi connectivity index (χ4v) is 5.33. The minimum Gasteiger partial charge on any atom is -0.486 e. The Hall–Kier alpha value is -0.190. The van der Waals surface area contributed by atoms with E-state index in [1.165, 1.54) is 11.3 Å². The molecule has 2 aliphatic rings. The van der Waals surface area contributed by atoms with E-state index >= 15 is 0 Å². The van der Waals surface area contributed by atoms with Crippen LogP contribution in [-0.2, 0) is 0 Å². The highest BCUT2D eigenvalue weighted by molar-refractivity contribution is 9.10. The van der Waals surface area contributed by atoms with Gasteiger partial charge in [-0.2, -0.15) is 11.8 Å². The van der Waals surface area contributed by atoms with Gasteiger partial charge in [0.25, 0.3) is 0 Å². The molecule has 0 bridgehead atoms. The molecule has 0 radical (unpaired) electrons. The third-order valence-electron chi connectivity index (χ3n) is 4.26. The van der Waals surface area contributed by atoms with Crippen molar-refractivity contribution in [2.24, 2.45) is 5.41 Å². The average Bonchev–Trinajstić information content (AvgIpc) is 2.35. The minimum absolute atomic E-state index is 0.0200. The van der Waals surface area contributed by atoms with Crippen LogP contribution in [0.4, 0.5) is 0 Å². The molecular weight excluding hydrogens is 334 g/mol. The summed E-state index contributed by atoms with van der Waals surface area (Å²) < 4.78 is 7.61. The van der Waals surface area contributed by atoms with E-state index in [2.05, 4.69) is 60.3 Å². The van der Waals surface area contributed by atoms with Crippen LogP contribution >= 0.6 is 27.7 Å². The maximum absolute atomic E-state index is 6.52. The summed E-state index contributed by atoms with van der Waals surface area (Å²) in [5.41, 5.74) is 1.62. The molecule has 2 heterocycles. The lowest BCUT2D eigenvalue weighted by molar-refractivity contribution is 0.0128. The van der Waals surface area contributed by atoms with Gasteiger partial charge in [0, 0.05) is 28.3 Å². The minimum atomic E-state index is -0.0200. The fourth-order valence-electron chi connectivity index (χ4n) is 3.58. The first-order valence-electron chi connectivity index (χ1n) is 7.17. The number of halogens is 1. The lowest BCUT2D eigenvalue weighted by atomic mass is 9.76. The zero-order chi connectivity index (χ0) is 14.4. The van der Waals surface area contributed by atoms with Crippen LogP contribution in [0.1, 0.15) is 38.3 Å². The molecule has 1 aromatic rings. The topological polar surface area (TPSA) is 21.3 Å². The van der Waals surface area contributed by atoms with Crippen molar-refractivity contribution >= 4 is 27.7 Å². The molecule has 2 aliphatic heterocycles. The predicted molar refractivity (Wildman–Crippen MR) is 89.6 cm³/mol. The van der Waals surface area contributed by atoms with Crippen molar-refractivity contribution in [2.75, 3.05) is 18.6 Å². The Bertz CT molecular complexity index is 519. The van der Waals surface area contributed by atoms with Crippen LogP contribution in [0.25, 0.3) is 0 Å². The van der Waals surface area contributed by atoms with Crippen molar-refractivity contribution < 1.29 is 4.74 Å². The van der Waals surface area contributed by atoms with Crippen LogP contribution in [-0.4, -0.2) is 24.2 Å². The lowest BCUT2D eigenvalue weighted by Crippen LogP contribution is -2.51. The second-order valence-electron chi connectivity index (χ2n) is 6.85. The number of rotatable bonds is 1. The zero-order valence-corrected chi connectivity index (χ0v) is 14.7. The number of fused-ring (bicyclic) bond motifs is 1. The largest absolute Gasteiger partial charge is 0.486 e. The molecule has 0 amide bonds. The Balaban J connectivity index is 1.97. The summed E-state index contributed by atoms with van der Waals surface area (Å²) in [7, 11) is 2.05. The third kappa shape index (κ3) is 2.75. The highest BCUT2D eigenvalue weighted by atomic mass is 79.9. The summed E-state index contributed by atoms with van der Waals surface area (Å²) >= 11 is 5.60. The zero-order valence-electron chi connectivity index (χ0n) is 12.3. The Labute approximate surface area is 134 Å². The summed E-state index contributed by atoms with van der Waals surface area (Å²) in [5.74, 6) is 3.37. The highest BCUT2D eigenvalue weighted by Crippen LogP contribution is 2.49. The van der Waals surface area contributed by atoms with Gasteiger partial charge in [-0.1, -0.05) is 35.8 Å². The van der Waals surface area contributed by atoms with Crippen LogP contribution < -0.4 is 10.1 Å². The Morgan fingerprint density at radius 2 is 2.15 bits per heavy atom. The van der Waals surface area contributed by atoms with E-state index in [1.807, 2.05) is 11.8 Å². The van der Waals surface area contributed by atoms with Gasteiger partial charge in [-0.25, -0.2) is 0 Å². The number of benzene rings is 1. The molecule has 3 rings (SSSR count). The number of hydrogen-bond acceptors (Lipinski definition) is 3. The smallest absolute Gasteiger partial charge is 0.126 e. The Morgan fingerprint density at radius 3 is 2.85 bits per heavy atom. The molecule has 1 N–H and O–H groups in total. The molecule has 110 valence electrons. The molecule has 1 fully saturated rings. The molecule has 2 nitrogen and oxygen atoms in total. The van der Waals surface area contributed by atoms with Gasteiger partial charge in [0.05, 0.1) is 0 Å². The van der Waals surface area contributed by atoms with Crippen LogP contribution in [0.2, 0.25) is 0 Å². The van der Waals surface area contributed by atoms with Crippen molar-refractivity contribution in [3.63, 3.8) is 0 Å². The number of thioether (sulfide) groups is 1. The number of ether oxygens (including phenoxy) is 1. The van der Waals surface area contributed by atoms with Gasteiger partial charge in [-0.15, -0.1) is 0 Å². The number of hydrogen-bond donors (Lipinski definition) is 1. The first-order chi connectivity index (χ1) is 9.43. The van der Waals surface area contributed by atoms with Gasteiger partial charge < -0.3 is 10.1 Å². The summed E-state index contributed by atoms with van der Waals surface area (Å²) in [6, 6.07) is 6.78. The summed E-state index contributed by atoms with van der Waals surface area (Å²) in [4.78, 5) is 0. The lowest BCUT2D eigenvalue weighted by Gasteiger charge is -2.48. The van der Waals surface area contributed by atoms with Gasteiger partial charge in [0.2, 0.25) is 0 Å². The maximum atomic E-state index is 6.52. The summed E-state index contributed by atoms with van der Waals surface area (Å²) in [6.07, 6.45) is 2.20. The first-order valence-corrected chi connectivity index (χ1v) is 9.11. The first kappa shape index (κ1) is 14.7. The molecule has 1 aromatic carbocycles. The SMILES string of the molecule is CNC1CC2(CSCC(C)(C)C2)Oc2cc(Br)ccc21. The molecular formula is C16H22BrNOS. The van der Waals surface area contributed by atoms with Crippen molar-refractivity contribution in [3.05, 3.63) is 28.2 Å². The highest BCUT2D eigenvalue weighted by Gasteiger charge is 2.46. The molecule has 20 heavy (non-hydrogen) atoms. The Morgan fingerprint density at radius 1 is 1.35 bits per heavy atom. The second kappa shape index (κ2) is 5.22. The molecule has 0 aliphatic carbocycles. The molecule has 0 aromatic heterocycles. The van der Waals surface area contributed by atoms with E-state index in [1.54, 1.807) is 0 Å². The van der Waals surface area contributed by atoms with Crippen molar-refractivity contribution in [1.29, 1.82) is 0 Å². The van der Waals surface area contributed by atoms with Crippen molar-refractivity contribution in [1.82, 2.24) is 5.32 Å². The second-order valence-corrected chi connectivity index (χ2v) is 8.75. The summed E-state index contributed by atoms with van der Waals surface area (Å²) in [6.45, 7) is 4.71. The van der Waals surface area contributed by atoms with Crippen LogP contribution in [0.15, 0.2) is 22.7 Å². The van der Waals surface area contributed by atoms with Crippen LogP contribution in [0, 0.1) is 5.41 Å². The molecule has 2 unspecified atom stereocenters. The van der Waals surface area contributed by atoms with Gasteiger partial charge >= 0.3 is 0 Å². The molecule has 0 saturated carbocycles. The van der Waals surface area contributed by atoms with Gasteiger partial charge in [-0.05, 0) is 36.8 Å². The Kier molecular flexibility index (Phi) is 3.85. The van der Waals surface area contributed by atoms with Gasteiger partial charge in [0.15, 0.2) is 0 Å². The number of nitrogens with one attached hydrogen (secondary N) is 1. The molecule has 1 spiro atoms. The third-order valence-corrected chi connectivity index (χ3v) is 6.47. The van der Waals surface area contributed by atoms with Crippen molar-refractivity contribution in [2.45, 2.75) is 38.3 Å². The van der Waals surface area contributed by atoms with Crippen LogP contribution in [0.3, 0.4) is 0 Å². The van der Waals surface area contributed by atoms with Gasteiger partial charge in [0.1, 0.15) is 11.4 Å². The normalized spacial score (nSPS) is 31.7. The molecule has 4 heteroatoms. The van der Waals surface area contributed by atoms with E-state index in [0.29, 0.717) is 11.5 Å². The quantitative estimate of drug-likeness (QED) is 0.806.